The predicted octanol–water partition coefficient (Wildman–Crippen LogP) is 0.279. The van der Waals surface area contributed by atoms with Crippen molar-refractivity contribution in [2.45, 2.75) is 5.16 Å². The quantitative estimate of drug-likeness (QED) is 0.293. The lowest BCUT2D eigenvalue weighted by molar-refractivity contribution is -0.384. The Balaban J connectivity index is 1.60. The number of carbonyl (C=O) groups excluding carboxylic acids is 1. The first kappa shape index (κ1) is 14.8. The zero-order chi connectivity index (χ0) is 16.4. The smallest absolute Gasteiger partial charge is 0.273 e. The van der Waals surface area contributed by atoms with Crippen LogP contribution in [-0.4, -0.2) is 41.1 Å². The molecule has 0 aliphatic heterocycles. The molecular formula is C11H10N8O3S. The van der Waals surface area contributed by atoms with E-state index in [1.807, 2.05) is 0 Å². The zero-order valence-corrected chi connectivity index (χ0v) is 12.3. The highest BCUT2D eigenvalue weighted by molar-refractivity contribution is 7.99. The number of nitrogens with zero attached hydrogens (tertiary/aromatic N) is 6. The van der Waals surface area contributed by atoms with Gasteiger partial charge >= 0.3 is 0 Å². The van der Waals surface area contributed by atoms with Crippen LogP contribution in [0.1, 0.15) is 0 Å². The van der Waals surface area contributed by atoms with Gasteiger partial charge in [-0.15, -0.1) is 10.2 Å². The molecule has 0 saturated heterocycles. The number of nitro benzene ring substituents is 1. The number of hydrogen-bond donors (Lipinski definition) is 2. The Hall–Kier alpha value is -3.15. The Morgan fingerprint density at radius 1 is 1.35 bits per heavy atom. The van der Waals surface area contributed by atoms with Gasteiger partial charge < -0.3 is 11.2 Å². The van der Waals surface area contributed by atoms with Gasteiger partial charge in [0.15, 0.2) is 0 Å². The van der Waals surface area contributed by atoms with E-state index < -0.39 is 4.92 Å². The molecule has 3 N–H and O–H groups in total. The highest BCUT2D eigenvalue weighted by Gasteiger charge is 2.13. The van der Waals surface area contributed by atoms with Crippen molar-refractivity contribution in [3.63, 3.8) is 0 Å². The van der Waals surface area contributed by atoms with E-state index in [2.05, 4.69) is 20.6 Å². The van der Waals surface area contributed by atoms with E-state index in [0.29, 0.717) is 16.6 Å². The average Bonchev–Trinajstić information content (AvgIpc) is 3.09. The average molecular weight is 334 g/mol. The number of hydrogen-bond acceptors (Lipinski definition) is 8. The first-order valence-corrected chi connectivity index (χ1v) is 7.24. The van der Waals surface area contributed by atoms with Crippen LogP contribution in [0.3, 0.4) is 0 Å². The third-order valence-corrected chi connectivity index (χ3v) is 3.73. The number of nitrogens with two attached hydrogens (primary N) is 1. The fourth-order valence-corrected chi connectivity index (χ4v) is 2.44. The second kappa shape index (κ2) is 5.92. The van der Waals surface area contributed by atoms with E-state index in [4.69, 9.17) is 5.84 Å². The van der Waals surface area contributed by atoms with Crippen LogP contribution in [0, 0.1) is 10.1 Å². The van der Waals surface area contributed by atoms with Crippen molar-refractivity contribution < 1.29 is 9.72 Å². The molecule has 0 spiro atoms. The molecule has 23 heavy (non-hydrogen) atoms. The SMILES string of the molecule is Nn1cnn2c(SCC(=O)Nc3ccc([N+](=O)[O-])cc3)nnc12. The van der Waals surface area contributed by atoms with Gasteiger partial charge in [0.1, 0.15) is 6.33 Å². The van der Waals surface area contributed by atoms with Crippen LogP contribution in [0.5, 0.6) is 0 Å². The van der Waals surface area contributed by atoms with Crippen LogP contribution in [-0.2, 0) is 4.79 Å². The number of anilines is 1. The number of carbonyl (C=O) groups is 1. The zero-order valence-electron chi connectivity index (χ0n) is 11.5. The number of nitrogen functional groups attached to an aromatic ring is 1. The molecule has 0 saturated carbocycles. The number of rotatable bonds is 5. The van der Waals surface area contributed by atoms with Crippen molar-refractivity contribution in [1.82, 2.24) is 24.5 Å². The van der Waals surface area contributed by atoms with E-state index in [9.17, 15) is 14.9 Å². The number of amides is 1. The van der Waals surface area contributed by atoms with Crippen LogP contribution in [0.25, 0.3) is 5.78 Å². The van der Waals surface area contributed by atoms with Crippen molar-refractivity contribution in [3.05, 3.63) is 40.7 Å². The lowest BCUT2D eigenvalue weighted by Crippen LogP contribution is -2.14. The number of nitro groups is 1. The van der Waals surface area contributed by atoms with Crippen molar-refractivity contribution in [2.24, 2.45) is 0 Å². The molecule has 0 bridgehead atoms. The molecule has 1 aromatic carbocycles. The van der Waals surface area contributed by atoms with E-state index in [0.717, 1.165) is 11.8 Å². The summed E-state index contributed by atoms with van der Waals surface area (Å²) < 4.78 is 2.64. The number of thioether (sulfide) groups is 1. The predicted molar refractivity (Wildman–Crippen MR) is 81.4 cm³/mol. The highest BCUT2D eigenvalue weighted by atomic mass is 32.2. The minimum absolute atomic E-state index is 0.0411. The van der Waals surface area contributed by atoms with E-state index >= 15 is 0 Å². The lowest BCUT2D eigenvalue weighted by atomic mass is 10.3. The van der Waals surface area contributed by atoms with Crippen LogP contribution in [0.4, 0.5) is 11.4 Å². The van der Waals surface area contributed by atoms with Gasteiger partial charge in [-0.3, -0.25) is 14.9 Å². The molecule has 0 aliphatic carbocycles. The lowest BCUT2D eigenvalue weighted by Gasteiger charge is -2.03. The molecule has 3 aromatic rings. The molecule has 0 fully saturated rings. The van der Waals surface area contributed by atoms with Gasteiger partial charge in [-0.25, -0.2) is 4.68 Å². The summed E-state index contributed by atoms with van der Waals surface area (Å²) in [5.41, 5.74) is 0.430. The van der Waals surface area contributed by atoms with Crippen molar-refractivity contribution in [3.8, 4) is 0 Å². The van der Waals surface area contributed by atoms with Crippen molar-refractivity contribution in [2.75, 3.05) is 16.9 Å². The van der Waals surface area contributed by atoms with Gasteiger partial charge in [0.2, 0.25) is 11.1 Å². The maximum atomic E-state index is 11.9. The minimum Gasteiger partial charge on any atom is -0.335 e. The second-order valence-electron chi connectivity index (χ2n) is 4.37. The first-order chi connectivity index (χ1) is 11.0. The molecule has 1 amide bonds. The summed E-state index contributed by atoms with van der Waals surface area (Å²) in [5, 5.41) is 25.3. The van der Waals surface area contributed by atoms with Gasteiger partial charge in [0.25, 0.3) is 11.5 Å². The maximum absolute atomic E-state index is 11.9. The van der Waals surface area contributed by atoms with Crippen LogP contribution in [0.2, 0.25) is 0 Å². The van der Waals surface area contributed by atoms with Crippen LogP contribution < -0.4 is 11.2 Å². The highest BCUT2D eigenvalue weighted by Crippen LogP contribution is 2.18. The van der Waals surface area contributed by atoms with Crippen LogP contribution in [0.15, 0.2) is 35.7 Å². The standard InChI is InChI=1S/C11H10N8O3S/c12-17-6-13-18-10(17)15-16-11(18)23-5-9(20)14-7-1-3-8(4-2-7)19(21)22/h1-4,6H,5,12H2,(H,14,20). The molecule has 2 aromatic heterocycles. The summed E-state index contributed by atoms with van der Waals surface area (Å²) in [4.78, 5) is 21.9. The summed E-state index contributed by atoms with van der Waals surface area (Å²) in [6.45, 7) is 0. The van der Waals surface area contributed by atoms with Gasteiger partial charge in [-0.1, -0.05) is 11.8 Å². The molecule has 0 unspecified atom stereocenters. The van der Waals surface area contributed by atoms with Gasteiger partial charge in [0, 0.05) is 17.8 Å². The fraction of sp³-hybridized carbons (Fsp3) is 0.0909. The Bertz CT molecular complexity index is 871. The minimum atomic E-state index is -0.505. The first-order valence-electron chi connectivity index (χ1n) is 6.25. The topological polar surface area (TPSA) is 146 Å². The number of benzene rings is 1. The van der Waals surface area contributed by atoms with Gasteiger partial charge in [0.05, 0.1) is 10.7 Å². The number of aromatic nitrogens is 5. The Labute approximate surface area is 132 Å². The normalized spacial score (nSPS) is 10.8. The Morgan fingerprint density at radius 3 is 2.78 bits per heavy atom. The molecule has 0 radical (unpaired) electrons. The van der Waals surface area contributed by atoms with E-state index in [1.165, 1.54) is 39.8 Å². The number of fused-ring (bicyclic) bond motifs is 1. The fourth-order valence-electron chi connectivity index (χ4n) is 1.76. The molecule has 3 rings (SSSR count). The third kappa shape index (κ3) is 3.06. The summed E-state index contributed by atoms with van der Waals surface area (Å²) in [6.07, 6.45) is 1.38. The molecule has 118 valence electrons. The molecular weight excluding hydrogens is 324 g/mol. The largest absolute Gasteiger partial charge is 0.335 e. The van der Waals surface area contributed by atoms with E-state index in [-0.39, 0.29) is 17.3 Å². The summed E-state index contributed by atoms with van der Waals surface area (Å²) in [5.74, 6) is 5.73. The molecule has 0 aliphatic rings. The Morgan fingerprint density at radius 2 is 2.09 bits per heavy atom. The number of non-ortho nitro benzene ring substituents is 1. The summed E-state index contributed by atoms with van der Waals surface area (Å²) in [7, 11) is 0. The molecule has 12 heteroatoms. The molecule has 11 nitrogen and oxygen atoms in total. The molecule has 2 heterocycles. The molecule has 0 atom stereocenters. The van der Waals surface area contributed by atoms with Crippen molar-refractivity contribution in [1.29, 1.82) is 0 Å². The maximum Gasteiger partial charge on any atom is 0.273 e. The Kier molecular flexibility index (Phi) is 3.80. The summed E-state index contributed by atoms with van der Waals surface area (Å²) >= 11 is 1.14. The number of nitrogens with one attached hydrogen (secondary N) is 1. The van der Waals surface area contributed by atoms with Crippen molar-refractivity contribution >= 4 is 34.8 Å². The van der Waals surface area contributed by atoms with Gasteiger partial charge in [-0.2, -0.15) is 9.61 Å². The van der Waals surface area contributed by atoms with E-state index in [1.54, 1.807) is 0 Å². The van der Waals surface area contributed by atoms with Gasteiger partial charge in [-0.05, 0) is 12.1 Å². The third-order valence-electron chi connectivity index (χ3n) is 2.81. The summed E-state index contributed by atoms with van der Waals surface area (Å²) in [6, 6.07) is 5.57. The monoisotopic (exact) mass is 334 g/mol. The van der Waals surface area contributed by atoms with Crippen LogP contribution >= 0.6 is 11.8 Å². The second-order valence-corrected chi connectivity index (χ2v) is 5.32.